The van der Waals surface area contributed by atoms with Crippen molar-refractivity contribution in [1.29, 1.82) is 0 Å². The molecular formula is C11H19N3O4. The van der Waals surface area contributed by atoms with E-state index in [1.807, 2.05) is 0 Å². The van der Waals surface area contributed by atoms with Crippen LogP contribution in [0.25, 0.3) is 0 Å². The molecule has 18 heavy (non-hydrogen) atoms. The fourth-order valence-electron chi connectivity index (χ4n) is 2.28. The van der Waals surface area contributed by atoms with Crippen LogP contribution in [0.1, 0.15) is 25.7 Å². The standard InChI is InChI=1S/C11H19N3O4/c15-11(12-9-1-5-17-6-2-9)14(13-16)10-3-7-18-8-4-10/h9-10H,1-8H2,(H,12,15). The van der Waals surface area contributed by atoms with E-state index in [-0.39, 0.29) is 12.1 Å². The molecule has 0 spiro atoms. The van der Waals surface area contributed by atoms with Gasteiger partial charge in [0, 0.05) is 32.5 Å². The van der Waals surface area contributed by atoms with Crippen molar-refractivity contribution in [2.45, 2.75) is 37.8 Å². The summed E-state index contributed by atoms with van der Waals surface area (Å²) in [6.45, 7) is 2.44. The number of ether oxygens (including phenoxy) is 2. The second-order valence-corrected chi connectivity index (χ2v) is 4.61. The zero-order valence-electron chi connectivity index (χ0n) is 10.3. The number of rotatable bonds is 3. The summed E-state index contributed by atoms with van der Waals surface area (Å²) < 4.78 is 10.4. The molecule has 0 aliphatic carbocycles. The van der Waals surface area contributed by atoms with Crippen LogP contribution < -0.4 is 5.32 Å². The van der Waals surface area contributed by atoms with Crippen molar-refractivity contribution in [3.63, 3.8) is 0 Å². The lowest BCUT2D eigenvalue weighted by atomic mass is 10.1. The molecule has 102 valence electrons. The van der Waals surface area contributed by atoms with Crippen molar-refractivity contribution < 1.29 is 14.3 Å². The molecule has 7 heteroatoms. The highest BCUT2D eigenvalue weighted by Gasteiger charge is 2.28. The van der Waals surface area contributed by atoms with Gasteiger partial charge in [0.1, 0.15) is 0 Å². The lowest BCUT2D eigenvalue weighted by Gasteiger charge is -2.30. The van der Waals surface area contributed by atoms with Crippen molar-refractivity contribution in [2.75, 3.05) is 26.4 Å². The van der Waals surface area contributed by atoms with Crippen molar-refractivity contribution in [3.05, 3.63) is 4.91 Å². The van der Waals surface area contributed by atoms with Crippen LogP contribution in [0, 0.1) is 4.91 Å². The van der Waals surface area contributed by atoms with Gasteiger partial charge in [-0.15, -0.1) is 4.91 Å². The molecule has 0 aromatic rings. The van der Waals surface area contributed by atoms with Crippen molar-refractivity contribution in [2.24, 2.45) is 5.29 Å². The number of carbonyl (C=O) groups excluding carboxylic acids is 1. The minimum Gasteiger partial charge on any atom is -0.381 e. The molecule has 0 saturated carbocycles. The maximum atomic E-state index is 12.0. The third kappa shape index (κ3) is 3.39. The second kappa shape index (κ2) is 6.65. The molecule has 2 aliphatic rings. The molecule has 2 heterocycles. The zero-order valence-corrected chi connectivity index (χ0v) is 10.3. The highest BCUT2D eigenvalue weighted by atomic mass is 16.5. The molecule has 7 nitrogen and oxygen atoms in total. The fourth-order valence-corrected chi connectivity index (χ4v) is 2.28. The summed E-state index contributed by atoms with van der Waals surface area (Å²) in [6.07, 6.45) is 2.89. The number of nitroso groups, excluding NO2 is 1. The Morgan fingerprint density at radius 3 is 2.17 bits per heavy atom. The highest BCUT2D eigenvalue weighted by Crippen LogP contribution is 2.16. The van der Waals surface area contributed by atoms with Crippen LogP contribution >= 0.6 is 0 Å². The molecule has 0 radical (unpaired) electrons. The fraction of sp³-hybridized carbons (Fsp3) is 0.909. The normalized spacial score (nSPS) is 22.4. The van der Waals surface area contributed by atoms with Gasteiger partial charge in [-0.1, -0.05) is 0 Å². The van der Waals surface area contributed by atoms with Crippen LogP contribution in [-0.4, -0.2) is 49.6 Å². The summed E-state index contributed by atoms with van der Waals surface area (Å²) in [7, 11) is 0. The van der Waals surface area contributed by atoms with Gasteiger partial charge < -0.3 is 14.8 Å². The van der Waals surface area contributed by atoms with Crippen LogP contribution in [0.5, 0.6) is 0 Å². The Morgan fingerprint density at radius 1 is 1.06 bits per heavy atom. The predicted octanol–water partition coefficient (Wildman–Crippen LogP) is 1.04. The van der Waals surface area contributed by atoms with Gasteiger partial charge in [-0.2, -0.15) is 5.01 Å². The summed E-state index contributed by atoms with van der Waals surface area (Å²) >= 11 is 0. The van der Waals surface area contributed by atoms with Crippen LogP contribution in [-0.2, 0) is 9.47 Å². The Labute approximate surface area is 106 Å². The van der Waals surface area contributed by atoms with E-state index in [1.165, 1.54) is 0 Å². The molecule has 0 unspecified atom stereocenters. The maximum Gasteiger partial charge on any atom is 0.340 e. The molecule has 0 atom stereocenters. The van der Waals surface area contributed by atoms with E-state index in [2.05, 4.69) is 10.6 Å². The van der Waals surface area contributed by atoms with Gasteiger partial charge in [-0.25, -0.2) is 4.79 Å². The Kier molecular flexibility index (Phi) is 4.89. The molecule has 1 N–H and O–H groups in total. The van der Waals surface area contributed by atoms with E-state index in [1.54, 1.807) is 0 Å². The smallest absolute Gasteiger partial charge is 0.340 e. The largest absolute Gasteiger partial charge is 0.381 e. The topological polar surface area (TPSA) is 80.2 Å². The molecular weight excluding hydrogens is 238 g/mol. The first-order valence-corrected chi connectivity index (χ1v) is 6.39. The van der Waals surface area contributed by atoms with Crippen molar-refractivity contribution in [1.82, 2.24) is 10.3 Å². The van der Waals surface area contributed by atoms with Crippen LogP contribution in [0.2, 0.25) is 0 Å². The number of nitrogens with one attached hydrogen (secondary N) is 1. The van der Waals surface area contributed by atoms with Crippen LogP contribution in [0.15, 0.2) is 5.29 Å². The molecule has 0 bridgehead atoms. The Bertz CT molecular complexity index is 288. The number of amides is 2. The third-order valence-corrected chi connectivity index (χ3v) is 3.38. The predicted molar refractivity (Wildman–Crippen MR) is 63.8 cm³/mol. The van der Waals surface area contributed by atoms with Crippen molar-refractivity contribution in [3.8, 4) is 0 Å². The van der Waals surface area contributed by atoms with Gasteiger partial charge in [0.15, 0.2) is 0 Å². The maximum absolute atomic E-state index is 12.0. The first kappa shape index (κ1) is 13.2. The monoisotopic (exact) mass is 257 g/mol. The first-order valence-electron chi connectivity index (χ1n) is 6.39. The Morgan fingerprint density at radius 2 is 1.61 bits per heavy atom. The summed E-state index contributed by atoms with van der Waals surface area (Å²) in [6, 6.07) is -0.463. The minimum atomic E-state index is -0.399. The summed E-state index contributed by atoms with van der Waals surface area (Å²) in [5.41, 5.74) is 0. The van der Waals surface area contributed by atoms with E-state index >= 15 is 0 Å². The molecule has 2 fully saturated rings. The van der Waals surface area contributed by atoms with Gasteiger partial charge in [0.2, 0.25) is 0 Å². The lowest BCUT2D eigenvalue weighted by molar-refractivity contribution is 0.0429. The SMILES string of the molecule is O=NN(C(=O)NC1CCOCC1)C1CCOCC1. The molecule has 0 aromatic carbocycles. The highest BCUT2D eigenvalue weighted by molar-refractivity contribution is 5.74. The van der Waals surface area contributed by atoms with Gasteiger partial charge in [0.05, 0.1) is 11.3 Å². The summed E-state index contributed by atoms with van der Waals surface area (Å²) in [5.74, 6) is 0. The lowest BCUT2D eigenvalue weighted by Crippen LogP contribution is -2.49. The van der Waals surface area contributed by atoms with E-state index in [0.29, 0.717) is 39.3 Å². The first-order chi connectivity index (χ1) is 8.81. The quantitative estimate of drug-likeness (QED) is 0.605. The number of carbonyl (C=O) groups is 1. The Balaban J connectivity index is 1.85. The average molecular weight is 257 g/mol. The average Bonchev–Trinajstić information content (AvgIpc) is 2.42. The summed E-state index contributed by atoms with van der Waals surface area (Å²) in [5, 5.41) is 6.73. The van der Waals surface area contributed by atoms with Gasteiger partial charge >= 0.3 is 6.03 Å². The second-order valence-electron chi connectivity index (χ2n) is 4.61. The third-order valence-electron chi connectivity index (χ3n) is 3.38. The van der Waals surface area contributed by atoms with Crippen LogP contribution in [0.4, 0.5) is 4.79 Å². The van der Waals surface area contributed by atoms with Crippen LogP contribution in [0.3, 0.4) is 0 Å². The molecule has 2 rings (SSSR count). The van der Waals surface area contributed by atoms with E-state index in [4.69, 9.17) is 9.47 Å². The van der Waals surface area contributed by atoms with Gasteiger partial charge in [-0.3, -0.25) is 0 Å². The van der Waals surface area contributed by atoms with Crippen molar-refractivity contribution >= 4 is 6.03 Å². The van der Waals surface area contributed by atoms with E-state index < -0.39 is 6.03 Å². The molecule has 2 amide bonds. The van der Waals surface area contributed by atoms with E-state index in [9.17, 15) is 9.70 Å². The molecule has 2 aliphatic heterocycles. The van der Waals surface area contributed by atoms with Gasteiger partial charge in [-0.05, 0) is 25.7 Å². The van der Waals surface area contributed by atoms with Gasteiger partial charge in [0.25, 0.3) is 0 Å². The minimum absolute atomic E-state index is 0.0790. The Hall–Kier alpha value is -1.21. The molecule has 2 saturated heterocycles. The van der Waals surface area contributed by atoms with E-state index in [0.717, 1.165) is 17.9 Å². The number of urea groups is 1. The number of hydrogen-bond donors (Lipinski definition) is 1. The summed E-state index contributed by atoms with van der Waals surface area (Å²) in [4.78, 5) is 22.8. The number of nitrogens with zero attached hydrogens (tertiary/aromatic N) is 2. The number of hydrogen-bond acceptors (Lipinski definition) is 5. The zero-order chi connectivity index (χ0) is 12.8. The molecule has 0 aromatic heterocycles.